The molecule has 0 unspecified atom stereocenters. The van der Waals surface area contributed by atoms with Gasteiger partial charge in [-0.1, -0.05) is 30.0 Å². The molecule has 0 aliphatic carbocycles. The van der Waals surface area contributed by atoms with Crippen LogP contribution in [-0.2, 0) is 9.59 Å². The lowest BCUT2D eigenvalue weighted by Gasteiger charge is -2.11. The average Bonchev–Trinajstić information content (AvgIpc) is 3.01. The van der Waals surface area contributed by atoms with E-state index in [9.17, 15) is 14.7 Å². The smallest absolute Gasteiger partial charge is 0.289 e. The molecule has 0 saturated heterocycles. The lowest BCUT2D eigenvalue weighted by molar-refractivity contribution is -0.127. The number of hydrogen-bond acceptors (Lipinski definition) is 4. The highest BCUT2D eigenvalue weighted by Crippen LogP contribution is 2.21. The molecule has 2 amide bonds. The zero-order chi connectivity index (χ0) is 19.9. The number of hydrogen-bond donors (Lipinski definition) is 2. The first-order chi connectivity index (χ1) is 13.6. The van der Waals surface area contributed by atoms with Crippen LogP contribution < -0.4 is 10.1 Å². The van der Waals surface area contributed by atoms with Crippen LogP contribution in [0.3, 0.4) is 0 Å². The Kier molecular flexibility index (Phi) is 5.97. The lowest BCUT2D eigenvalue weighted by Crippen LogP contribution is -2.30. The zero-order valence-corrected chi connectivity index (χ0v) is 15.4. The van der Waals surface area contributed by atoms with Crippen molar-refractivity contribution in [2.45, 2.75) is 6.92 Å². The standard InChI is InChI=1S/C22H20N2O4/c1-2-24-15-19(20(25)22(24)27)21(26)23-14-6-7-16-10-12-18(13-11-16)28-17-8-4-3-5-9-17/h3-5,8-13,25H,2,14-15H2,1H3,(H,23,26). The molecule has 2 aromatic carbocycles. The molecule has 3 rings (SSSR count). The van der Waals surface area contributed by atoms with Gasteiger partial charge in [-0.15, -0.1) is 0 Å². The molecule has 0 saturated carbocycles. The summed E-state index contributed by atoms with van der Waals surface area (Å²) < 4.78 is 5.72. The van der Waals surface area contributed by atoms with Gasteiger partial charge in [0, 0.05) is 12.1 Å². The molecule has 6 nitrogen and oxygen atoms in total. The van der Waals surface area contributed by atoms with E-state index in [-0.39, 0.29) is 18.7 Å². The van der Waals surface area contributed by atoms with E-state index in [0.29, 0.717) is 12.3 Å². The normalized spacial score (nSPS) is 13.2. The second-order valence-electron chi connectivity index (χ2n) is 6.07. The summed E-state index contributed by atoms with van der Waals surface area (Å²) in [5, 5.41) is 12.4. The highest BCUT2D eigenvalue weighted by Gasteiger charge is 2.32. The Morgan fingerprint density at radius 1 is 1.14 bits per heavy atom. The summed E-state index contributed by atoms with van der Waals surface area (Å²) in [7, 11) is 0. The number of amides is 2. The van der Waals surface area contributed by atoms with E-state index in [1.807, 2.05) is 54.6 Å². The first-order valence-electron chi connectivity index (χ1n) is 8.90. The second kappa shape index (κ2) is 8.78. The molecular formula is C22H20N2O4. The van der Waals surface area contributed by atoms with E-state index in [4.69, 9.17) is 4.74 Å². The van der Waals surface area contributed by atoms with Crippen molar-refractivity contribution in [1.82, 2.24) is 10.2 Å². The molecule has 0 fully saturated rings. The van der Waals surface area contributed by atoms with E-state index in [0.717, 1.165) is 11.3 Å². The van der Waals surface area contributed by atoms with Crippen molar-refractivity contribution < 1.29 is 19.4 Å². The number of nitrogens with zero attached hydrogens (tertiary/aromatic N) is 1. The number of ether oxygens (including phenoxy) is 1. The molecule has 1 aliphatic heterocycles. The van der Waals surface area contributed by atoms with Gasteiger partial charge in [-0.25, -0.2) is 0 Å². The predicted octanol–water partition coefficient (Wildman–Crippen LogP) is 2.62. The highest BCUT2D eigenvalue weighted by molar-refractivity contribution is 6.06. The van der Waals surface area contributed by atoms with Crippen LogP contribution in [0.25, 0.3) is 0 Å². The molecular weight excluding hydrogens is 356 g/mol. The van der Waals surface area contributed by atoms with Gasteiger partial charge in [0.2, 0.25) is 0 Å². The fourth-order valence-corrected chi connectivity index (χ4v) is 2.66. The Morgan fingerprint density at radius 3 is 2.46 bits per heavy atom. The molecule has 0 spiro atoms. The summed E-state index contributed by atoms with van der Waals surface area (Å²) in [6.45, 7) is 2.44. The summed E-state index contributed by atoms with van der Waals surface area (Å²) >= 11 is 0. The van der Waals surface area contributed by atoms with Gasteiger partial charge in [-0.2, -0.15) is 0 Å². The Hall–Kier alpha value is -3.72. The van der Waals surface area contributed by atoms with Crippen molar-refractivity contribution >= 4 is 11.8 Å². The molecule has 1 heterocycles. The van der Waals surface area contributed by atoms with Crippen molar-refractivity contribution in [3.63, 3.8) is 0 Å². The molecule has 0 atom stereocenters. The van der Waals surface area contributed by atoms with E-state index in [2.05, 4.69) is 17.2 Å². The maximum absolute atomic E-state index is 12.1. The minimum atomic E-state index is -0.517. The van der Waals surface area contributed by atoms with Crippen LogP contribution in [0.5, 0.6) is 11.5 Å². The number of benzene rings is 2. The fraction of sp³-hybridized carbons (Fsp3) is 0.182. The van der Waals surface area contributed by atoms with Crippen molar-refractivity contribution in [2.24, 2.45) is 0 Å². The number of aliphatic hydroxyl groups excluding tert-OH is 1. The Bertz CT molecular complexity index is 954. The van der Waals surface area contributed by atoms with Gasteiger partial charge < -0.3 is 20.1 Å². The van der Waals surface area contributed by atoms with Crippen LogP contribution in [-0.4, -0.2) is 41.5 Å². The molecule has 0 aromatic heterocycles. The number of rotatable bonds is 5. The topological polar surface area (TPSA) is 78.9 Å². The third-order valence-electron chi connectivity index (χ3n) is 4.18. The minimum absolute atomic E-state index is 0.0797. The van der Waals surface area contributed by atoms with Crippen molar-refractivity contribution in [3.05, 3.63) is 71.5 Å². The molecule has 6 heteroatoms. The molecule has 2 aromatic rings. The molecule has 0 bridgehead atoms. The van der Waals surface area contributed by atoms with Gasteiger partial charge in [0.15, 0.2) is 5.76 Å². The fourth-order valence-electron chi connectivity index (χ4n) is 2.66. The van der Waals surface area contributed by atoms with Crippen LogP contribution in [0, 0.1) is 11.8 Å². The average molecular weight is 376 g/mol. The number of carbonyl (C=O) groups is 2. The van der Waals surface area contributed by atoms with Crippen molar-refractivity contribution in [3.8, 4) is 23.3 Å². The highest BCUT2D eigenvalue weighted by atomic mass is 16.5. The van der Waals surface area contributed by atoms with Gasteiger partial charge in [-0.05, 0) is 43.3 Å². The second-order valence-corrected chi connectivity index (χ2v) is 6.07. The minimum Gasteiger partial charge on any atom is -0.503 e. The van der Waals surface area contributed by atoms with Crippen LogP contribution in [0.4, 0.5) is 0 Å². The number of likely N-dealkylation sites (N-methyl/N-ethyl adjacent to an activating group) is 1. The molecule has 28 heavy (non-hydrogen) atoms. The van der Waals surface area contributed by atoms with Gasteiger partial charge in [0.1, 0.15) is 11.5 Å². The van der Waals surface area contributed by atoms with Crippen LogP contribution in [0.15, 0.2) is 65.9 Å². The van der Waals surface area contributed by atoms with E-state index in [1.54, 1.807) is 6.92 Å². The van der Waals surface area contributed by atoms with E-state index >= 15 is 0 Å². The molecule has 142 valence electrons. The SMILES string of the molecule is CCN1CC(C(=O)NCC#Cc2ccc(Oc3ccccc3)cc2)=C(O)C1=O. The molecule has 1 aliphatic rings. The maximum atomic E-state index is 12.1. The molecule has 0 radical (unpaired) electrons. The third-order valence-corrected chi connectivity index (χ3v) is 4.18. The van der Waals surface area contributed by atoms with Crippen molar-refractivity contribution in [1.29, 1.82) is 0 Å². The number of aliphatic hydroxyl groups is 1. The van der Waals surface area contributed by atoms with Crippen LogP contribution in [0.1, 0.15) is 12.5 Å². The number of nitrogens with one attached hydrogen (secondary N) is 1. The maximum Gasteiger partial charge on any atom is 0.289 e. The largest absolute Gasteiger partial charge is 0.503 e. The van der Waals surface area contributed by atoms with Crippen LogP contribution >= 0.6 is 0 Å². The Labute approximate surface area is 163 Å². The Morgan fingerprint density at radius 2 is 1.82 bits per heavy atom. The third kappa shape index (κ3) is 4.51. The summed E-state index contributed by atoms with van der Waals surface area (Å²) in [4.78, 5) is 25.2. The molecule has 2 N–H and O–H groups in total. The number of para-hydroxylation sites is 1. The van der Waals surface area contributed by atoms with Gasteiger partial charge in [0.25, 0.3) is 11.8 Å². The van der Waals surface area contributed by atoms with Crippen LogP contribution in [0.2, 0.25) is 0 Å². The first kappa shape index (κ1) is 19.1. The van der Waals surface area contributed by atoms with Gasteiger partial charge in [-0.3, -0.25) is 9.59 Å². The first-order valence-corrected chi connectivity index (χ1v) is 8.90. The van der Waals surface area contributed by atoms with Gasteiger partial charge in [0.05, 0.1) is 18.7 Å². The van der Waals surface area contributed by atoms with E-state index < -0.39 is 17.6 Å². The summed E-state index contributed by atoms with van der Waals surface area (Å²) in [6.07, 6.45) is 0. The quantitative estimate of drug-likeness (QED) is 0.787. The number of carbonyl (C=O) groups excluding carboxylic acids is 2. The zero-order valence-electron chi connectivity index (χ0n) is 15.4. The monoisotopic (exact) mass is 376 g/mol. The summed E-state index contributed by atoms with van der Waals surface area (Å²) in [5.74, 6) is 5.78. The van der Waals surface area contributed by atoms with Gasteiger partial charge >= 0.3 is 0 Å². The van der Waals surface area contributed by atoms with Crippen molar-refractivity contribution in [2.75, 3.05) is 19.6 Å². The summed E-state index contributed by atoms with van der Waals surface area (Å²) in [6, 6.07) is 16.8. The predicted molar refractivity (Wildman–Crippen MR) is 105 cm³/mol. The summed E-state index contributed by atoms with van der Waals surface area (Å²) in [5.41, 5.74) is 0.862. The Balaban J connectivity index is 1.52. The van der Waals surface area contributed by atoms with E-state index in [1.165, 1.54) is 4.90 Å². The lowest BCUT2D eigenvalue weighted by atomic mass is 10.2.